The second-order valence-electron chi connectivity index (χ2n) is 3.41. The molecule has 1 rings (SSSR count). The van der Waals surface area contributed by atoms with Gasteiger partial charge in [-0.1, -0.05) is 12.5 Å². The van der Waals surface area contributed by atoms with E-state index in [0.717, 1.165) is 12.2 Å². The highest BCUT2D eigenvalue weighted by Gasteiger charge is 1.94. The highest BCUT2D eigenvalue weighted by molar-refractivity contribution is 7.99. The molecule has 0 bridgehead atoms. The maximum absolute atomic E-state index is 5.51. The molecule has 1 aromatic rings. The van der Waals surface area contributed by atoms with E-state index in [2.05, 4.69) is 11.6 Å². The van der Waals surface area contributed by atoms with Crippen LogP contribution in [0.25, 0.3) is 0 Å². The molecule has 0 fully saturated rings. The van der Waals surface area contributed by atoms with Crippen LogP contribution < -0.4 is 5.73 Å². The lowest BCUT2D eigenvalue weighted by Crippen LogP contribution is -1.88. The van der Waals surface area contributed by atoms with Gasteiger partial charge in [0.05, 0.1) is 0 Å². The minimum atomic E-state index is 0.588. The Labute approximate surface area is 96.0 Å². The van der Waals surface area contributed by atoms with Crippen LogP contribution in [0.2, 0.25) is 0 Å². The molecule has 2 nitrogen and oxygen atoms in total. The molecule has 3 heteroatoms. The van der Waals surface area contributed by atoms with E-state index in [1.54, 1.807) is 0 Å². The van der Waals surface area contributed by atoms with E-state index in [0.29, 0.717) is 5.82 Å². The molecular formula is C12H18N2S. The summed E-state index contributed by atoms with van der Waals surface area (Å²) < 4.78 is 0. The van der Waals surface area contributed by atoms with Crippen molar-refractivity contribution in [3.63, 3.8) is 0 Å². The van der Waals surface area contributed by atoms with Gasteiger partial charge >= 0.3 is 0 Å². The van der Waals surface area contributed by atoms with Crippen LogP contribution in [-0.2, 0) is 0 Å². The normalized spacial score (nSPS) is 10.1. The van der Waals surface area contributed by atoms with Crippen LogP contribution in [-0.4, -0.2) is 10.7 Å². The number of nitrogens with two attached hydrogens (primary N) is 1. The minimum absolute atomic E-state index is 0.588. The van der Waals surface area contributed by atoms with Crippen molar-refractivity contribution in [2.75, 3.05) is 11.5 Å². The van der Waals surface area contributed by atoms with Crippen molar-refractivity contribution in [3.8, 4) is 0 Å². The average Bonchev–Trinajstić information content (AvgIpc) is 2.26. The molecule has 82 valence electrons. The Morgan fingerprint density at radius 1 is 1.33 bits per heavy atom. The first-order chi connectivity index (χ1) is 7.33. The molecule has 15 heavy (non-hydrogen) atoms. The number of anilines is 1. The summed E-state index contributed by atoms with van der Waals surface area (Å²) >= 11 is 1.84. The van der Waals surface area contributed by atoms with Gasteiger partial charge in [0.2, 0.25) is 0 Å². The van der Waals surface area contributed by atoms with E-state index in [-0.39, 0.29) is 0 Å². The molecule has 0 aliphatic heterocycles. The first kappa shape index (κ1) is 12.1. The molecule has 2 N–H and O–H groups in total. The molecular weight excluding hydrogens is 204 g/mol. The van der Waals surface area contributed by atoms with Gasteiger partial charge in [-0.15, -0.1) is 18.3 Å². The predicted octanol–water partition coefficient (Wildman–Crippen LogP) is 3.50. The van der Waals surface area contributed by atoms with Gasteiger partial charge in [0.25, 0.3) is 0 Å². The highest BCUT2D eigenvalue weighted by atomic mass is 32.2. The Morgan fingerprint density at radius 2 is 2.20 bits per heavy atom. The van der Waals surface area contributed by atoms with E-state index < -0.39 is 0 Å². The molecule has 1 heterocycles. The summed E-state index contributed by atoms with van der Waals surface area (Å²) in [4.78, 5) is 5.25. The minimum Gasteiger partial charge on any atom is -0.384 e. The first-order valence-electron chi connectivity index (χ1n) is 5.28. The standard InChI is InChI=1S/C12H18N2S/c1-2-3-4-5-6-9-15-11-7-8-12(13)14-10-11/h2,7-8,10H,1,3-6,9H2,(H2,13,14). The lowest BCUT2D eigenvalue weighted by atomic mass is 10.2. The lowest BCUT2D eigenvalue weighted by molar-refractivity contribution is 0.735. The summed E-state index contributed by atoms with van der Waals surface area (Å²) in [5.41, 5.74) is 5.51. The molecule has 0 atom stereocenters. The maximum Gasteiger partial charge on any atom is 0.123 e. The summed E-state index contributed by atoms with van der Waals surface area (Å²) in [7, 11) is 0. The van der Waals surface area contributed by atoms with Crippen molar-refractivity contribution in [1.82, 2.24) is 4.98 Å². The Morgan fingerprint density at radius 3 is 2.87 bits per heavy atom. The van der Waals surface area contributed by atoms with Gasteiger partial charge in [0.15, 0.2) is 0 Å². The van der Waals surface area contributed by atoms with E-state index in [9.17, 15) is 0 Å². The number of nitrogens with zero attached hydrogens (tertiary/aromatic N) is 1. The third-order valence-corrected chi connectivity index (χ3v) is 3.15. The number of pyridine rings is 1. The number of hydrogen-bond acceptors (Lipinski definition) is 3. The molecule has 0 aliphatic rings. The van der Waals surface area contributed by atoms with Crippen molar-refractivity contribution in [1.29, 1.82) is 0 Å². The first-order valence-corrected chi connectivity index (χ1v) is 6.26. The quantitative estimate of drug-likeness (QED) is 0.436. The molecule has 0 saturated heterocycles. The van der Waals surface area contributed by atoms with Gasteiger partial charge in [0.1, 0.15) is 5.82 Å². The van der Waals surface area contributed by atoms with Crippen LogP contribution in [0.5, 0.6) is 0 Å². The number of nitrogen functional groups attached to an aromatic ring is 1. The predicted molar refractivity (Wildman–Crippen MR) is 68.0 cm³/mol. The number of thioether (sulfide) groups is 1. The van der Waals surface area contributed by atoms with Crippen LogP contribution in [0.15, 0.2) is 35.9 Å². The van der Waals surface area contributed by atoms with Crippen LogP contribution in [0, 0.1) is 0 Å². The third kappa shape index (κ3) is 5.47. The number of aromatic nitrogens is 1. The third-order valence-electron chi connectivity index (χ3n) is 2.08. The zero-order chi connectivity index (χ0) is 10.9. The van der Waals surface area contributed by atoms with E-state index >= 15 is 0 Å². The van der Waals surface area contributed by atoms with Crippen LogP contribution in [0.4, 0.5) is 5.82 Å². The highest BCUT2D eigenvalue weighted by Crippen LogP contribution is 2.19. The molecule has 0 saturated carbocycles. The van der Waals surface area contributed by atoms with Gasteiger partial charge in [-0.05, 0) is 37.1 Å². The van der Waals surface area contributed by atoms with Crippen LogP contribution in [0.3, 0.4) is 0 Å². The Bertz CT molecular complexity index is 282. The largest absolute Gasteiger partial charge is 0.384 e. The van der Waals surface area contributed by atoms with E-state index in [1.165, 1.54) is 24.2 Å². The summed E-state index contributed by atoms with van der Waals surface area (Å²) in [6.45, 7) is 3.71. The second kappa shape index (κ2) is 7.35. The molecule has 0 unspecified atom stereocenters. The smallest absolute Gasteiger partial charge is 0.123 e. The van der Waals surface area contributed by atoms with Crippen molar-refractivity contribution in [3.05, 3.63) is 31.0 Å². The van der Waals surface area contributed by atoms with Crippen molar-refractivity contribution in [2.24, 2.45) is 0 Å². The monoisotopic (exact) mass is 222 g/mol. The van der Waals surface area contributed by atoms with Crippen LogP contribution in [0.1, 0.15) is 25.7 Å². The Kier molecular flexibility index (Phi) is 5.93. The van der Waals surface area contributed by atoms with Gasteiger partial charge in [0, 0.05) is 11.1 Å². The molecule has 0 aromatic carbocycles. The number of hydrogen-bond donors (Lipinski definition) is 1. The zero-order valence-electron chi connectivity index (χ0n) is 8.98. The fourth-order valence-corrected chi connectivity index (χ4v) is 2.11. The fourth-order valence-electron chi connectivity index (χ4n) is 1.23. The molecule has 0 amide bonds. The van der Waals surface area contributed by atoms with Crippen molar-refractivity contribution >= 4 is 17.6 Å². The number of rotatable bonds is 7. The zero-order valence-corrected chi connectivity index (χ0v) is 9.80. The van der Waals surface area contributed by atoms with E-state index in [4.69, 9.17) is 5.73 Å². The number of unbranched alkanes of at least 4 members (excludes halogenated alkanes) is 3. The second-order valence-corrected chi connectivity index (χ2v) is 4.57. The van der Waals surface area contributed by atoms with Crippen molar-refractivity contribution in [2.45, 2.75) is 30.6 Å². The summed E-state index contributed by atoms with van der Waals surface area (Å²) in [6.07, 6.45) is 8.74. The van der Waals surface area contributed by atoms with E-state index in [1.807, 2.05) is 36.2 Å². The Balaban J connectivity index is 2.09. The molecule has 1 aromatic heterocycles. The van der Waals surface area contributed by atoms with Gasteiger partial charge < -0.3 is 5.73 Å². The van der Waals surface area contributed by atoms with Gasteiger partial charge in [-0.3, -0.25) is 0 Å². The summed E-state index contributed by atoms with van der Waals surface area (Å²) in [5.74, 6) is 1.74. The topological polar surface area (TPSA) is 38.9 Å². The summed E-state index contributed by atoms with van der Waals surface area (Å²) in [6, 6.07) is 3.87. The average molecular weight is 222 g/mol. The lowest BCUT2D eigenvalue weighted by Gasteiger charge is -2.01. The SMILES string of the molecule is C=CCCCCCSc1ccc(N)nc1. The Hall–Kier alpha value is -0.960. The van der Waals surface area contributed by atoms with Crippen LogP contribution >= 0.6 is 11.8 Å². The fraction of sp³-hybridized carbons (Fsp3) is 0.417. The molecule has 0 spiro atoms. The summed E-state index contributed by atoms with van der Waals surface area (Å²) in [5, 5.41) is 0. The molecule has 0 aliphatic carbocycles. The number of allylic oxidation sites excluding steroid dienone is 1. The maximum atomic E-state index is 5.51. The van der Waals surface area contributed by atoms with Gasteiger partial charge in [-0.25, -0.2) is 4.98 Å². The van der Waals surface area contributed by atoms with Gasteiger partial charge in [-0.2, -0.15) is 0 Å². The van der Waals surface area contributed by atoms with Crippen molar-refractivity contribution < 1.29 is 0 Å². The molecule has 0 radical (unpaired) electrons.